The van der Waals surface area contributed by atoms with Gasteiger partial charge in [-0.2, -0.15) is 11.8 Å². The predicted molar refractivity (Wildman–Crippen MR) is 82.4 cm³/mol. The van der Waals surface area contributed by atoms with E-state index in [0.717, 1.165) is 5.56 Å². The molecule has 1 unspecified atom stereocenters. The number of sulfonamides is 1. The monoisotopic (exact) mass is 322 g/mol. The van der Waals surface area contributed by atoms with Crippen molar-refractivity contribution in [1.29, 1.82) is 0 Å². The normalized spacial score (nSPS) is 13.5. The van der Waals surface area contributed by atoms with Gasteiger partial charge < -0.3 is 5.32 Å². The number of thioether (sulfide) groups is 1. The van der Waals surface area contributed by atoms with Crippen molar-refractivity contribution >= 4 is 33.4 Å². The molecule has 1 rings (SSSR count). The third-order valence-corrected chi connectivity index (χ3v) is 5.42. The Morgan fingerprint density at radius 2 is 2.11 bits per heavy atom. The van der Waals surface area contributed by atoms with Gasteiger partial charge in [0.05, 0.1) is 4.90 Å². The molecule has 1 aromatic rings. The van der Waals surface area contributed by atoms with Crippen molar-refractivity contribution in [2.75, 3.05) is 19.8 Å². The molecule has 1 aromatic carbocycles. The van der Waals surface area contributed by atoms with Crippen molar-refractivity contribution in [2.45, 2.75) is 23.6 Å². The van der Waals surface area contributed by atoms with Crippen LogP contribution in [-0.2, 0) is 16.6 Å². The van der Waals surface area contributed by atoms with E-state index in [2.05, 4.69) is 10.0 Å². The highest BCUT2D eigenvalue weighted by Crippen LogP contribution is 2.20. The van der Waals surface area contributed by atoms with E-state index in [4.69, 9.17) is 11.6 Å². The van der Waals surface area contributed by atoms with Crippen LogP contribution in [0.1, 0.15) is 12.5 Å². The highest BCUT2D eigenvalue weighted by atomic mass is 35.5. The molecule has 7 heteroatoms. The van der Waals surface area contributed by atoms with Crippen LogP contribution in [0.3, 0.4) is 0 Å². The summed E-state index contributed by atoms with van der Waals surface area (Å²) in [6, 6.07) is 4.74. The average Bonchev–Trinajstić information content (AvgIpc) is 2.38. The Labute approximate surface area is 124 Å². The molecule has 108 valence electrons. The van der Waals surface area contributed by atoms with E-state index in [9.17, 15) is 8.42 Å². The van der Waals surface area contributed by atoms with Crippen LogP contribution in [0.4, 0.5) is 0 Å². The molecule has 0 aliphatic rings. The lowest BCUT2D eigenvalue weighted by molar-refractivity contribution is 0.581. The van der Waals surface area contributed by atoms with Crippen LogP contribution in [0.25, 0.3) is 0 Å². The third kappa shape index (κ3) is 4.96. The maximum atomic E-state index is 12.1. The Bertz CT molecular complexity index is 520. The van der Waals surface area contributed by atoms with Gasteiger partial charge in [0, 0.05) is 23.4 Å². The first-order chi connectivity index (χ1) is 8.90. The summed E-state index contributed by atoms with van der Waals surface area (Å²) in [4.78, 5) is 0.246. The van der Waals surface area contributed by atoms with Gasteiger partial charge >= 0.3 is 0 Å². The summed E-state index contributed by atoms with van der Waals surface area (Å²) in [5, 5.41) is 3.76. The fourth-order valence-corrected chi connectivity index (χ4v) is 3.16. The molecule has 1 atom stereocenters. The van der Waals surface area contributed by atoms with Gasteiger partial charge in [0.15, 0.2) is 0 Å². The Balaban J connectivity index is 2.92. The Morgan fingerprint density at radius 1 is 1.42 bits per heavy atom. The number of nitrogens with one attached hydrogen (secondary N) is 2. The van der Waals surface area contributed by atoms with Gasteiger partial charge in [0.25, 0.3) is 0 Å². The first kappa shape index (κ1) is 16.8. The molecule has 0 fully saturated rings. The van der Waals surface area contributed by atoms with Crippen LogP contribution in [0.15, 0.2) is 23.1 Å². The lowest BCUT2D eigenvalue weighted by Crippen LogP contribution is -2.29. The first-order valence-corrected chi connectivity index (χ1v) is 9.01. The standard InChI is InChI=1S/C12H19ClN2O2S2/c1-9(18-3)7-15-19(16,17)11-4-5-12(13)10(6-11)8-14-2/h4-6,9,14-15H,7-8H2,1-3H3. The van der Waals surface area contributed by atoms with Crippen molar-refractivity contribution in [1.82, 2.24) is 10.0 Å². The Hall–Kier alpha value is -0.270. The minimum Gasteiger partial charge on any atom is -0.316 e. The van der Waals surface area contributed by atoms with Crippen LogP contribution in [0.5, 0.6) is 0 Å². The second-order valence-corrected chi connectivity index (χ2v) is 7.63. The van der Waals surface area contributed by atoms with E-state index in [-0.39, 0.29) is 10.1 Å². The zero-order chi connectivity index (χ0) is 14.5. The summed E-state index contributed by atoms with van der Waals surface area (Å²) in [7, 11) is -1.69. The molecule has 0 amide bonds. The lowest BCUT2D eigenvalue weighted by atomic mass is 10.2. The Morgan fingerprint density at radius 3 is 2.68 bits per heavy atom. The molecule has 0 aliphatic carbocycles. The summed E-state index contributed by atoms with van der Waals surface area (Å²) in [6.45, 7) is 2.92. The van der Waals surface area contributed by atoms with Gasteiger partial charge in [-0.25, -0.2) is 13.1 Å². The molecule has 0 spiro atoms. The molecule has 19 heavy (non-hydrogen) atoms. The summed E-state index contributed by atoms with van der Waals surface area (Å²) in [5.74, 6) is 0. The van der Waals surface area contributed by atoms with Gasteiger partial charge in [-0.3, -0.25) is 0 Å². The smallest absolute Gasteiger partial charge is 0.240 e. The predicted octanol–water partition coefficient (Wildman–Crippen LogP) is 2.09. The zero-order valence-corrected chi connectivity index (χ0v) is 13.6. The van der Waals surface area contributed by atoms with E-state index in [1.165, 1.54) is 6.07 Å². The topological polar surface area (TPSA) is 58.2 Å². The molecule has 0 bridgehead atoms. The highest BCUT2D eigenvalue weighted by Gasteiger charge is 2.16. The highest BCUT2D eigenvalue weighted by molar-refractivity contribution is 7.99. The van der Waals surface area contributed by atoms with Gasteiger partial charge in [0.2, 0.25) is 10.0 Å². The fourth-order valence-electron chi connectivity index (χ4n) is 1.44. The van der Waals surface area contributed by atoms with E-state index < -0.39 is 10.0 Å². The van der Waals surface area contributed by atoms with E-state index in [1.54, 1.807) is 30.9 Å². The molecule has 0 saturated carbocycles. The van der Waals surface area contributed by atoms with Crippen molar-refractivity contribution in [2.24, 2.45) is 0 Å². The van der Waals surface area contributed by atoms with Gasteiger partial charge in [-0.15, -0.1) is 0 Å². The maximum Gasteiger partial charge on any atom is 0.240 e. The SMILES string of the molecule is CNCc1cc(S(=O)(=O)NCC(C)SC)ccc1Cl. The quantitative estimate of drug-likeness (QED) is 0.807. The average molecular weight is 323 g/mol. The van der Waals surface area contributed by atoms with Crippen molar-refractivity contribution in [3.05, 3.63) is 28.8 Å². The molecule has 4 nitrogen and oxygen atoms in total. The second-order valence-electron chi connectivity index (χ2n) is 4.18. The number of rotatable bonds is 7. The molecule has 0 aliphatic heterocycles. The van der Waals surface area contributed by atoms with Gasteiger partial charge in [-0.1, -0.05) is 18.5 Å². The number of halogens is 1. The molecular formula is C12H19ClN2O2S2. The van der Waals surface area contributed by atoms with Crippen molar-refractivity contribution in [3.63, 3.8) is 0 Å². The number of hydrogen-bond donors (Lipinski definition) is 2. The Kier molecular flexibility index (Phi) is 6.62. The van der Waals surface area contributed by atoms with Crippen LogP contribution in [0, 0.1) is 0 Å². The molecule has 2 N–H and O–H groups in total. The van der Waals surface area contributed by atoms with Crippen molar-refractivity contribution < 1.29 is 8.42 Å². The zero-order valence-electron chi connectivity index (χ0n) is 11.2. The molecular weight excluding hydrogens is 304 g/mol. The largest absolute Gasteiger partial charge is 0.316 e. The minimum atomic E-state index is -3.47. The van der Waals surface area contributed by atoms with Gasteiger partial charge in [-0.05, 0) is 37.1 Å². The molecule has 0 aromatic heterocycles. The fraction of sp³-hybridized carbons (Fsp3) is 0.500. The van der Waals surface area contributed by atoms with E-state index >= 15 is 0 Å². The van der Waals surface area contributed by atoms with Crippen LogP contribution in [0.2, 0.25) is 5.02 Å². The number of hydrogen-bond acceptors (Lipinski definition) is 4. The second kappa shape index (κ2) is 7.50. The van der Waals surface area contributed by atoms with E-state index in [1.807, 2.05) is 13.2 Å². The summed E-state index contributed by atoms with van der Waals surface area (Å²) < 4.78 is 26.9. The maximum absolute atomic E-state index is 12.1. The first-order valence-electron chi connectivity index (χ1n) is 5.86. The lowest BCUT2D eigenvalue weighted by Gasteiger charge is -2.12. The van der Waals surface area contributed by atoms with Crippen LogP contribution in [-0.4, -0.2) is 33.5 Å². The molecule has 0 saturated heterocycles. The summed E-state index contributed by atoms with van der Waals surface area (Å²) >= 11 is 7.63. The van der Waals surface area contributed by atoms with Crippen LogP contribution >= 0.6 is 23.4 Å². The van der Waals surface area contributed by atoms with Gasteiger partial charge in [0.1, 0.15) is 0 Å². The summed E-state index contributed by atoms with van der Waals surface area (Å²) in [6.07, 6.45) is 1.95. The summed E-state index contributed by atoms with van der Waals surface area (Å²) in [5.41, 5.74) is 0.768. The molecule has 0 radical (unpaired) electrons. The minimum absolute atomic E-state index is 0.235. The molecule has 0 heterocycles. The number of benzene rings is 1. The third-order valence-electron chi connectivity index (χ3n) is 2.66. The van der Waals surface area contributed by atoms with E-state index in [0.29, 0.717) is 18.1 Å². The van der Waals surface area contributed by atoms with Crippen molar-refractivity contribution in [3.8, 4) is 0 Å². The van der Waals surface area contributed by atoms with Crippen LogP contribution < -0.4 is 10.0 Å².